The summed E-state index contributed by atoms with van der Waals surface area (Å²) < 4.78 is 5.58. The van der Waals surface area contributed by atoms with Gasteiger partial charge in [0, 0.05) is 6.54 Å². The molecule has 1 rings (SSSR count). The molecule has 0 saturated heterocycles. The van der Waals surface area contributed by atoms with Crippen molar-refractivity contribution in [2.45, 2.75) is 33.3 Å². The summed E-state index contributed by atoms with van der Waals surface area (Å²) in [6, 6.07) is 9.25. The van der Waals surface area contributed by atoms with Gasteiger partial charge in [-0.05, 0) is 44.0 Å². The minimum Gasteiger partial charge on any atom is -0.491 e. The van der Waals surface area contributed by atoms with Crippen molar-refractivity contribution in [1.29, 1.82) is 5.26 Å². The topological polar surface area (TPSA) is 62.1 Å². The molecule has 0 radical (unpaired) electrons. The molecule has 0 atom stereocenters. The van der Waals surface area contributed by atoms with E-state index >= 15 is 0 Å². The van der Waals surface area contributed by atoms with Gasteiger partial charge in [0.25, 0.3) is 5.91 Å². The molecule has 4 heteroatoms. The summed E-state index contributed by atoms with van der Waals surface area (Å²) in [6.45, 7) is 6.42. The van der Waals surface area contributed by atoms with Crippen molar-refractivity contribution in [2.24, 2.45) is 0 Å². The van der Waals surface area contributed by atoms with Gasteiger partial charge in [-0.25, -0.2) is 0 Å². The van der Waals surface area contributed by atoms with E-state index < -0.39 is 0 Å². The second kappa shape index (κ2) is 8.00. The van der Waals surface area contributed by atoms with Crippen LogP contribution in [0.4, 0.5) is 0 Å². The van der Waals surface area contributed by atoms with E-state index in [1.165, 1.54) is 0 Å². The lowest BCUT2D eigenvalue weighted by Crippen LogP contribution is -2.25. The number of rotatable bonds is 6. The Bertz CT molecular complexity index is 528. The average molecular weight is 272 g/mol. The molecule has 0 aromatic heterocycles. The fraction of sp³-hybridized carbons (Fsp3) is 0.375. The summed E-state index contributed by atoms with van der Waals surface area (Å²) in [5, 5.41) is 11.8. The predicted molar refractivity (Wildman–Crippen MR) is 79.1 cm³/mol. The first-order valence-electron chi connectivity index (χ1n) is 6.73. The summed E-state index contributed by atoms with van der Waals surface area (Å²) in [5.41, 5.74) is 0.867. The first kappa shape index (κ1) is 15.8. The Balaban J connectivity index is 2.90. The van der Waals surface area contributed by atoms with E-state index in [9.17, 15) is 4.79 Å². The Morgan fingerprint density at radius 1 is 1.50 bits per heavy atom. The molecular weight excluding hydrogens is 252 g/mol. The number of hydrogen-bond donors (Lipinski definition) is 1. The number of nitriles is 1. The Kier molecular flexibility index (Phi) is 6.31. The minimum absolute atomic E-state index is 0.0810. The van der Waals surface area contributed by atoms with Crippen LogP contribution in [0.5, 0.6) is 5.75 Å². The van der Waals surface area contributed by atoms with Crippen molar-refractivity contribution >= 4 is 12.0 Å². The van der Waals surface area contributed by atoms with Gasteiger partial charge in [-0.2, -0.15) is 5.26 Å². The zero-order valence-electron chi connectivity index (χ0n) is 12.1. The fourth-order valence-corrected chi connectivity index (χ4v) is 1.60. The molecular formula is C16H20N2O2. The monoisotopic (exact) mass is 272 g/mol. The van der Waals surface area contributed by atoms with Crippen LogP contribution >= 0.6 is 0 Å². The number of carbonyl (C=O) groups excluding carboxylic acids is 1. The molecule has 0 saturated carbocycles. The predicted octanol–water partition coefficient (Wildman–Crippen LogP) is 2.91. The average Bonchev–Trinajstić information content (AvgIpc) is 2.41. The van der Waals surface area contributed by atoms with E-state index in [1.54, 1.807) is 6.08 Å². The molecule has 1 amide bonds. The van der Waals surface area contributed by atoms with E-state index in [0.29, 0.717) is 6.54 Å². The number of amides is 1. The molecule has 0 bridgehead atoms. The van der Waals surface area contributed by atoms with Gasteiger partial charge < -0.3 is 10.1 Å². The van der Waals surface area contributed by atoms with E-state index in [0.717, 1.165) is 17.7 Å². The number of nitrogens with zero attached hydrogens (tertiary/aromatic N) is 1. The van der Waals surface area contributed by atoms with Gasteiger partial charge in [-0.1, -0.05) is 19.1 Å². The molecule has 0 heterocycles. The van der Waals surface area contributed by atoms with E-state index in [1.807, 2.05) is 51.1 Å². The number of nitrogens with one attached hydrogen (secondary N) is 1. The third kappa shape index (κ3) is 5.15. The second-order valence-corrected chi connectivity index (χ2v) is 4.66. The van der Waals surface area contributed by atoms with Crippen molar-refractivity contribution in [1.82, 2.24) is 5.32 Å². The molecule has 20 heavy (non-hydrogen) atoms. The van der Waals surface area contributed by atoms with Gasteiger partial charge in [-0.15, -0.1) is 0 Å². The van der Waals surface area contributed by atoms with Gasteiger partial charge in [0.05, 0.1) is 6.10 Å². The van der Waals surface area contributed by atoms with E-state index in [-0.39, 0.29) is 17.6 Å². The highest BCUT2D eigenvalue weighted by Crippen LogP contribution is 2.17. The third-order valence-electron chi connectivity index (χ3n) is 2.44. The zero-order valence-corrected chi connectivity index (χ0v) is 12.1. The smallest absolute Gasteiger partial charge is 0.261 e. The van der Waals surface area contributed by atoms with Crippen LogP contribution in [0.15, 0.2) is 29.8 Å². The molecule has 0 spiro atoms. The van der Waals surface area contributed by atoms with Crippen LogP contribution in [-0.2, 0) is 4.79 Å². The number of ether oxygens (including phenoxy) is 1. The summed E-state index contributed by atoms with van der Waals surface area (Å²) in [6.07, 6.45) is 2.48. The zero-order chi connectivity index (χ0) is 15.0. The number of benzene rings is 1. The lowest BCUT2D eigenvalue weighted by molar-refractivity contribution is -0.117. The largest absolute Gasteiger partial charge is 0.491 e. The summed E-state index contributed by atoms with van der Waals surface area (Å²) >= 11 is 0. The summed E-state index contributed by atoms with van der Waals surface area (Å²) in [4.78, 5) is 11.8. The Morgan fingerprint density at radius 3 is 2.85 bits per heavy atom. The highest BCUT2D eigenvalue weighted by atomic mass is 16.5. The van der Waals surface area contributed by atoms with Gasteiger partial charge in [0.2, 0.25) is 0 Å². The first-order chi connectivity index (χ1) is 9.56. The van der Waals surface area contributed by atoms with Crippen molar-refractivity contribution in [2.75, 3.05) is 6.54 Å². The minimum atomic E-state index is -0.343. The number of carbonyl (C=O) groups is 1. The lowest BCUT2D eigenvalue weighted by atomic mass is 10.1. The van der Waals surface area contributed by atoms with Crippen LogP contribution in [0.2, 0.25) is 0 Å². The maximum atomic E-state index is 11.8. The molecule has 1 aromatic carbocycles. The van der Waals surface area contributed by atoms with Crippen molar-refractivity contribution in [3.05, 3.63) is 35.4 Å². The number of hydrogen-bond acceptors (Lipinski definition) is 3. The van der Waals surface area contributed by atoms with Crippen LogP contribution in [0.3, 0.4) is 0 Å². The van der Waals surface area contributed by atoms with Gasteiger partial charge in [0.15, 0.2) is 0 Å². The molecule has 0 aliphatic heterocycles. The van der Waals surface area contributed by atoms with Crippen molar-refractivity contribution < 1.29 is 9.53 Å². The summed E-state index contributed by atoms with van der Waals surface area (Å²) in [5.74, 6) is 0.379. The fourth-order valence-electron chi connectivity index (χ4n) is 1.60. The first-order valence-corrected chi connectivity index (χ1v) is 6.73. The third-order valence-corrected chi connectivity index (χ3v) is 2.44. The van der Waals surface area contributed by atoms with E-state index in [2.05, 4.69) is 5.32 Å². The molecule has 1 aromatic rings. The molecule has 4 nitrogen and oxygen atoms in total. The second-order valence-electron chi connectivity index (χ2n) is 4.66. The van der Waals surface area contributed by atoms with Crippen molar-refractivity contribution in [3.63, 3.8) is 0 Å². The van der Waals surface area contributed by atoms with Crippen LogP contribution in [-0.4, -0.2) is 18.6 Å². The maximum Gasteiger partial charge on any atom is 0.261 e. The standard InChI is InChI=1S/C16H20N2O2/c1-4-8-18-16(19)14(11-17)9-13-6-5-7-15(10-13)20-12(2)3/h5-7,9-10,12H,4,8H2,1-3H3,(H,18,19)/b14-9+. The highest BCUT2D eigenvalue weighted by molar-refractivity contribution is 6.01. The van der Waals surface area contributed by atoms with Crippen LogP contribution in [0, 0.1) is 11.3 Å². The van der Waals surface area contributed by atoms with Crippen LogP contribution in [0.25, 0.3) is 6.08 Å². The Labute approximate surface area is 120 Å². The highest BCUT2D eigenvalue weighted by Gasteiger charge is 2.08. The summed E-state index contributed by atoms with van der Waals surface area (Å²) in [7, 11) is 0. The van der Waals surface area contributed by atoms with Crippen LogP contribution in [0.1, 0.15) is 32.8 Å². The normalized spacial score (nSPS) is 11.1. The molecule has 0 aliphatic carbocycles. The van der Waals surface area contributed by atoms with Crippen LogP contribution < -0.4 is 10.1 Å². The Morgan fingerprint density at radius 2 is 2.25 bits per heavy atom. The molecule has 0 unspecified atom stereocenters. The van der Waals surface area contributed by atoms with Crippen molar-refractivity contribution in [3.8, 4) is 11.8 Å². The SMILES string of the molecule is CCCNC(=O)/C(C#N)=C/c1cccc(OC(C)C)c1. The van der Waals surface area contributed by atoms with Gasteiger partial charge in [0.1, 0.15) is 17.4 Å². The molecule has 106 valence electrons. The molecule has 1 N–H and O–H groups in total. The quantitative estimate of drug-likeness (QED) is 0.639. The lowest BCUT2D eigenvalue weighted by Gasteiger charge is -2.10. The van der Waals surface area contributed by atoms with Gasteiger partial charge in [-0.3, -0.25) is 4.79 Å². The molecule has 0 aliphatic rings. The maximum absolute atomic E-state index is 11.8. The molecule has 0 fully saturated rings. The van der Waals surface area contributed by atoms with E-state index in [4.69, 9.17) is 10.00 Å². The van der Waals surface area contributed by atoms with Gasteiger partial charge >= 0.3 is 0 Å². The Hall–Kier alpha value is -2.28.